The number of thioether (sulfide) groups is 1. The molecule has 3 amide bonds. The lowest BCUT2D eigenvalue weighted by molar-refractivity contribution is -0.116. The quantitative estimate of drug-likeness (QED) is 0.149. The van der Waals surface area contributed by atoms with Crippen LogP contribution in [0.15, 0.2) is 108 Å². The first-order chi connectivity index (χ1) is 19.8. The summed E-state index contributed by atoms with van der Waals surface area (Å²) in [6, 6.07) is 25.5. The summed E-state index contributed by atoms with van der Waals surface area (Å²) in [5.41, 5.74) is 4.56. The zero-order valence-electron chi connectivity index (χ0n) is 23.2. The number of rotatable bonds is 10. The van der Waals surface area contributed by atoms with Crippen molar-refractivity contribution in [1.29, 1.82) is 0 Å². The molecule has 8 heteroatoms. The van der Waals surface area contributed by atoms with Gasteiger partial charge in [-0.05, 0) is 79.4 Å². The van der Waals surface area contributed by atoms with Gasteiger partial charge in [-0.15, -0.1) is 11.8 Å². The lowest BCUT2D eigenvalue weighted by Gasteiger charge is -2.18. The number of pyridine rings is 1. The molecule has 4 rings (SSSR count). The van der Waals surface area contributed by atoms with Gasteiger partial charge in [-0.25, -0.2) is 0 Å². The normalized spacial score (nSPS) is 11.8. The molecule has 0 aliphatic carbocycles. The van der Waals surface area contributed by atoms with Crippen molar-refractivity contribution in [1.82, 2.24) is 10.3 Å². The maximum Gasteiger partial charge on any atom is 0.272 e. The van der Waals surface area contributed by atoms with Crippen LogP contribution >= 0.6 is 11.8 Å². The van der Waals surface area contributed by atoms with Crippen LogP contribution in [0, 0.1) is 13.8 Å². The Morgan fingerprint density at radius 3 is 2.29 bits per heavy atom. The zero-order chi connectivity index (χ0) is 29.2. The van der Waals surface area contributed by atoms with Crippen LogP contribution in [-0.4, -0.2) is 28.0 Å². The highest BCUT2D eigenvalue weighted by atomic mass is 32.2. The van der Waals surface area contributed by atoms with Gasteiger partial charge in [0.25, 0.3) is 11.8 Å². The van der Waals surface area contributed by atoms with Crippen LogP contribution in [0.5, 0.6) is 0 Å². The third-order valence-electron chi connectivity index (χ3n) is 6.29. The number of hydrogen-bond donors (Lipinski definition) is 3. The number of carbonyl (C=O) groups is 3. The summed E-state index contributed by atoms with van der Waals surface area (Å²) in [7, 11) is 0. The Morgan fingerprint density at radius 2 is 1.61 bits per heavy atom. The summed E-state index contributed by atoms with van der Waals surface area (Å²) >= 11 is 1.43. The van der Waals surface area contributed by atoms with E-state index in [0.29, 0.717) is 23.2 Å². The highest BCUT2D eigenvalue weighted by Crippen LogP contribution is 2.29. The molecule has 1 aromatic heterocycles. The number of amides is 3. The van der Waals surface area contributed by atoms with Crippen LogP contribution in [0.2, 0.25) is 0 Å². The third-order valence-corrected chi connectivity index (χ3v) is 7.65. The van der Waals surface area contributed by atoms with E-state index in [1.807, 2.05) is 63.2 Å². The number of aromatic nitrogens is 1. The summed E-state index contributed by atoms with van der Waals surface area (Å²) < 4.78 is 0. The molecule has 41 heavy (non-hydrogen) atoms. The van der Waals surface area contributed by atoms with Crippen LogP contribution in [-0.2, 0) is 9.59 Å². The van der Waals surface area contributed by atoms with Crippen molar-refractivity contribution in [2.24, 2.45) is 0 Å². The van der Waals surface area contributed by atoms with Gasteiger partial charge in [-0.2, -0.15) is 0 Å². The van der Waals surface area contributed by atoms with E-state index in [-0.39, 0.29) is 16.9 Å². The molecule has 1 heterocycles. The fourth-order valence-corrected chi connectivity index (χ4v) is 5.13. The summed E-state index contributed by atoms with van der Waals surface area (Å²) in [5, 5.41) is 8.36. The largest absolute Gasteiger partial charge is 0.325 e. The Hall–Kier alpha value is -4.69. The van der Waals surface area contributed by atoms with Gasteiger partial charge in [-0.1, -0.05) is 55.5 Å². The molecule has 1 atom stereocenters. The van der Waals surface area contributed by atoms with E-state index >= 15 is 0 Å². The summed E-state index contributed by atoms with van der Waals surface area (Å²) in [4.78, 5) is 44.3. The van der Waals surface area contributed by atoms with E-state index in [1.54, 1.807) is 60.9 Å². The van der Waals surface area contributed by atoms with Gasteiger partial charge in [0.1, 0.15) is 5.70 Å². The van der Waals surface area contributed by atoms with Crippen molar-refractivity contribution in [3.05, 3.63) is 125 Å². The second-order valence-corrected chi connectivity index (χ2v) is 10.7. The van der Waals surface area contributed by atoms with E-state index in [1.165, 1.54) is 11.8 Å². The average molecular weight is 565 g/mol. The summed E-state index contributed by atoms with van der Waals surface area (Å²) in [6.07, 6.45) is 5.44. The minimum Gasteiger partial charge on any atom is -0.325 e. The second kappa shape index (κ2) is 14.1. The fourth-order valence-electron chi connectivity index (χ4n) is 4.12. The maximum atomic E-state index is 13.4. The van der Waals surface area contributed by atoms with Crippen LogP contribution in [0.4, 0.5) is 11.4 Å². The van der Waals surface area contributed by atoms with E-state index in [0.717, 1.165) is 21.7 Å². The van der Waals surface area contributed by atoms with Crippen molar-refractivity contribution >= 4 is 46.9 Å². The van der Waals surface area contributed by atoms with Crippen LogP contribution in [0.25, 0.3) is 6.08 Å². The first kappa shape index (κ1) is 29.3. The number of para-hydroxylation sites is 1. The topological polar surface area (TPSA) is 100 Å². The average Bonchev–Trinajstić information content (AvgIpc) is 2.98. The molecule has 3 aromatic carbocycles. The number of nitrogens with one attached hydrogen (secondary N) is 3. The predicted molar refractivity (Wildman–Crippen MR) is 166 cm³/mol. The second-order valence-electron chi connectivity index (χ2n) is 9.42. The molecule has 1 unspecified atom stereocenters. The molecule has 7 nitrogen and oxygen atoms in total. The zero-order valence-corrected chi connectivity index (χ0v) is 24.0. The predicted octanol–water partition coefficient (Wildman–Crippen LogP) is 6.62. The van der Waals surface area contributed by atoms with Crippen molar-refractivity contribution in [3.63, 3.8) is 0 Å². The van der Waals surface area contributed by atoms with Gasteiger partial charge >= 0.3 is 0 Å². The van der Waals surface area contributed by atoms with Crippen molar-refractivity contribution in [3.8, 4) is 0 Å². The number of carbonyl (C=O) groups excluding carboxylic acids is 3. The molecular weight excluding hydrogens is 532 g/mol. The number of benzene rings is 3. The van der Waals surface area contributed by atoms with Crippen LogP contribution in [0.1, 0.15) is 40.4 Å². The van der Waals surface area contributed by atoms with Gasteiger partial charge in [0, 0.05) is 34.2 Å². The molecule has 0 radical (unpaired) electrons. The molecule has 0 fully saturated rings. The number of aryl methyl sites for hydroxylation is 2. The SMILES string of the molecule is CCC(Sc1cccc(NC(=O)/C(=C/c2cccnc2)NC(=O)c2ccccc2)c1)C(=O)Nc1c(C)cccc1C. The van der Waals surface area contributed by atoms with Crippen LogP contribution < -0.4 is 16.0 Å². The number of hydrogen-bond acceptors (Lipinski definition) is 5. The van der Waals surface area contributed by atoms with Gasteiger partial charge in [0.05, 0.1) is 5.25 Å². The smallest absolute Gasteiger partial charge is 0.272 e. The van der Waals surface area contributed by atoms with E-state index in [9.17, 15) is 14.4 Å². The van der Waals surface area contributed by atoms with E-state index in [4.69, 9.17) is 0 Å². The number of nitrogens with zero attached hydrogens (tertiary/aromatic N) is 1. The highest BCUT2D eigenvalue weighted by Gasteiger charge is 2.20. The van der Waals surface area contributed by atoms with E-state index in [2.05, 4.69) is 20.9 Å². The maximum absolute atomic E-state index is 13.4. The van der Waals surface area contributed by atoms with Crippen molar-refractivity contribution < 1.29 is 14.4 Å². The molecule has 4 aromatic rings. The summed E-state index contributed by atoms with van der Waals surface area (Å²) in [5.74, 6) is -0.962. The van der Waals surface area contributed by atoms with Gasteiger partial charge < -0.3 is 16.0 Å². The minimum atomic E-state index is -0.486. The molecule has 0 spiro atoms. The van der Waals surface area contributed by atoms with Crippen LogP contribution in [0.3, 0.4) is 0 Å². The molecule has 0 aliphatic heterocycles. The lowest BCUT2D eigenvalue weighted by atomic mass is 10.1. The molecule has 0 aliphatic rings. The lowest BCUT2D eigenvalue weighted by Crippen LogP contribution is -2.30. The molecule has 0 saturated heterocycles. The van der Waals surface area contributed by atoms with Gasteiger partial charge in [0.2, 0.25) is 5.91 Å². The van der Waals surface area contributed by atoms with Crippen molar-refractivity contribution in [2.45, 2.75) is 37.3 Å². The molecule has 208 valence electrons. The van der Waals surface area contributed by atoms with Crippen molar-refractivity contribution in [2.75, 3.05) is 10.6 Å². The molecule has 0 bridgehead atoms. The Morgan fingerprint density at radius 1 is 0.878 bits per heavy atom. The molecule has 3 N–H and O–H groups in total. The fraction of sp³-hybridized carbons (Fsp3) is 0.152. The highest BCUT2D eigenvalue weighted by molar-refractivity contribution is 8.00. The Labute approximate surface area is 244 Å². The Kier molecular flexibility index (Phi) is 10.1. The third kappa shape index (κ3) is 8.16. The van der Waals surface area contributed by atoms with Gasteiger partial charge in [-0.3, -0.25) is 19.4 Å². The van der Waals surface area contributed by atoms with E-state index < -0.39 is 11.8 Å². The first-order valence-corrected chi connectivity index (χ1v) is 14.1. The standard InChI is InChI=1S/C33H32N4O3S/c1-4-29(33(40)37-30-22(2)11-8-12-23(30)3)41-27-17-9-16-26(20-27)35-32(39)28(19-24-13-10-18-34-21-24)36-31(38)25-14-6-5-7-15-25/h5-21,29H,4H2,1-3H3,(H,35,39)(H,36,38)(H,37,40)/b28-19-. The first-order valence-electron chi connectivity index (χ1n) is 13.3. The monoisotopic (exact) mass is 564 g/mol. The summed E-state index contributed by atoms with van der Waals surface area (Å²) in [6.45, 7) is 5.92. The number of anilines is 2. The van der Waals surface area contributed by atoms with Gasteiger partial charge in [0.15, 0.2) is 0 Å². The Balaban J connectivity index is 1.49. The molecular formula is C33H32N4O3S. The minimum absolute atomic E-state index is 0.0734. The Bertz CT molecular complexity index is 1540. The molecule has 0 saturated carbocycles.